The fourth-order valence-corrected chi connectivity index (χ4v) is 3.37. The highest BCUT2D eigenvalue weighted by molar-refractivity contribution is 5.99. The zero-order valence-corrected chi connectivity index (χ0v) is 14.9. The van der Waals surface area contributed by atoms with Gasteiger partial charge in [-0.25, -0.2) is 0 Å². The number of rotatable bonds is 2. The van der Waals surface area contributed by atoms with Gasteiger partial charge in [0.2, 0.25) is 0 Å². The average molecular weight is 361 g/mol. The number of likely N-dealkylation sites (N-methyl/N-ethyl adjacent to an activating group) is 1. The van der Waals surface area contributed by atoms with E-state index in [1.165, 1.54) is 0 Å². The molecular formula is C20H19N5O2. The maximum atomic E-state index is 12.6. The summed E-state index contributed by atoms with van der Waals surface area (Å²) in [5.41, 5.74) is 2.83. The SMILES string of the molecule is CN1CCN(C(=O)c2ccc(-c3c(O)[nH]c4ccc(C#N)cc34)nc2)CC1. The molecule has 1 fully saturated rings. The molecule has 7 heteroatoms. The molecule has 2 N–H and O–H groups in total. The molecule has 1 aromatic carbocycles. The van der Waals surface area contributed by atoms with Crippen LogP contribution in [-0.2, 0) is 0 Å². The highest BCUT2D eigenvalue weighted by Gasteiger charge is 2.21. The first kappa shape index (κ1) is 17.1. The Kier molecular flexibility index (Phi) is 4.26. The number of benzene rings is 1. The Hall–Kier alpha value is -3.37. The van der Waals surface area contributed by atoms with E-state index in [0.29, 0.717) is 35.5 Å². The Morgan fingerprint density at radius 3 is 2.67 bits per heavy atom. The number of H-pyrrole nitrogens is 1. The number of hydrogen-bond acceptors (Lipinski definition) is 5. The fraction of sp³-hybridized carbons (Fsp3) is 0.250. The Bertz CT molecular complexity index is 1040. The van der Waals surface area contributed by atoms with Crippen LogP contribution in [0.5, 0.6) is 5.88 Å². The van der Waals surface area contributed by atoms with Gasteiger partial charge >= 0.3 is 0 Å². The van der Waals surface area contributed by atoms with Crippen molar-refractivity contribution in [1.82, 2.24) is 19.8 Å². The van der Waals surface area contributed by atoms with Crippen molar-refractivity contribution in [3.05, 3.63) is 47.7 Å². The van der Waals surface area contributed by atoms with Crippen LogP contribution in [0.3, 0.4) is 0 Å². The molecule has 0 saturated carbocycles. The van der Waals surface area contributed by atoms with Crippen LogP contribution < -0.4 is 0 Å². The third kappa shape index (κ3) is 3.11. The van der Waals surface area contributed by atoms with Crippen molar-refractivity contribution in [2.75, 3.05) is 33.2 Å². The molecule has 7 nitrogen and oxygen atoms in total. The van der Waals surface area contributed by atoms with E-state index in [1.54, 1.807) is 36.5 Å². The summed E-state index contributed by atoms with van der Waals surface area (Å²) in [5, 5.41) is 20.1. The number of aromatic nitrogens is 2. The van der Waals surface area contributed by atoms with Crippen LogP contribution in [0.2, 0.25) is 0 Å². The van der Waals surface area contributed by atoms with E-state index in [9.17, 15) is 9.90 Å². The highest BCUT2D eigenvalue weighted by Crippen LogP contribution is 2.36. The number of piperazine rings is 1. The third-order valence-electron chi connectivity index (χ3n) is 4.96. The Morgan fingerprint density at radius 2 is 2.00 bits per heavy atom. The summed E-state index contributed by atoms with van der Waals surface area (Å²) >= 11 is 0. The number of nitriles is 1. The van der Waals surface area contributed by atoms with Gasteiger partial charge in [0.15, 0.2) is 5.88 Å². The molecule has 0 spiro atoms. The van der Waals surface area contributed by atoms with E-state index in [2.05, 4.69) is 20.9 Å². The topological polar surface area (TPSA) is 96.2 Å². The minimum atomic E-state index is -0.0305. The van der Waals surface area contributed by atoms with E-state index in [1.807, 2.05) is 11.9 Å². The van der Waals surface area contributed by atoms with Gasteiger partial charge in [0.1, 0.15) is 0 Å². The number of aromatic hydroxyl groups is 1. The molecule has 1 saturated heterocycles. The van der Waals surface area contributed by atoms with E-state index >= 15 is 0 Å². The van der Waals surface area contributed by atoms with Crippen molar-refractivity contribution in [1.29, 1.82) is 5.26 Å². The largest absolute Gasteiger partial charge is 0.494 e. The van der Waals surface area contributed by atoms with Crippen molar-refractivity contribution in [2.24, 2.45) is 0 Å². The minimum absolute atomic E-state index is 0.00858. The van der Waals surface area contributed by atoms with Gasteiger partial charge in [-0.15, -0.1) is 0 Å². The van der Waals surface area contributed by atoms with Gasteiger partial charge in [-0.3, -0.25) is 9.78 Å². The number of carbonyl (C=O) groups is 1. The highest BCUT2D eigenvalue weighted by atomic mass is 16.3. The van der Waals surface area contributed by atoms with Gasteiger partial charge in [-0.05, 0) is 37.4 Å². The number of pyridine rings is 1. The zero-order valence-electron chi connectivity index (χ0n) is 14.9. The summed E-state index contributed by atoms with van der Waals surface area (Å²) in [4.78, 5) is 24.0. The Labute approximate surface area is 156 Å². The molecule has 1 aliphatic heterocycles. The summed E-state index contributed by atoms with van der Waals surface area (Å²) in [7, 11) is 2.05. The first-order valence-electron chi connectivity index (χ1n) is 8.76. The summed E-state index contributed by atoms with van der Waals surface area (Å²) in [6.45, 7) is 3.14. The smallest absolute Gasteiger partial charge is 0.255 e. The maximum Gasteiger partial charge on any atom is 0.255 e. The summed E-state index contributed by atoms with van der Waals surface area (Å²) < 4.78 is 0. The molecular weight excluding hydrogens is 342 g/mol. The van der Waals surface area contributed by atoms with E-state index in [0.717, 1.165) is 24.0 Å². The van der Waals surface area contributed by atoms with Gasteiger partial charge in [0, 0.05) is 43.3 Å². The van der Waals surface area contributed by atoms with Crippen molar-refractivity contribution in [2.45, 2.75) is 0 Å². The average Bonchev–Trinajstić information content (AvgIpc) is 3.03. The van der Waals surface area contributed by atoms with Crippen molar-refractivity contribution in [3.63, 3.8) is 0 Å². The molecule has 1 aliphatic rings. The van der Waals surface area contributed by atoms with E-state index in [-0.39, 0.29) is 11.8 Å². The van der Waals surface area contributed by atoms with Crippen molar-refractivity contribution < 1.29 is 9.90 Å². The van der Waals surface area contributed by atoms with Crippen LogP contribution in [-0.4, -0.2) is 64.0 Å². The van der Waals surface area contributed by atoms with Crippen LogP contribution >= 0.6 is 0 Å². The maximum absolute atomic E-state index is 12.6. The van der Waals surface area contributed by atoms with Crippen molar-refractivity contribution in [3.8, 4) is 23.2 Å². The second kappa shape index (κ2) is 6.74. The first-order chi connectivity index (χ1) is 13.1. The molecule has 1 amide bonds. The standard InChI is InChI=1S/C20H19N5O2/c1-24-6-8-25(9-7-24)20(27)14-3-5-17(22-12-14)18-15-10-13(11-21)2-4-16(15)23-19(18)26/h2-5,10,12,23,26H,6-9H2,1H3. The van der Waals surface area contributed by atoms with Crippen LogP contribution in [0.1, 0.15) is 15.9 Å². The van der Waals surface area contributed by atoms with Gasteiger partial charge in [0.05, 0.1) is 28.5 Å². The lowest BCUT2D eigenvalue weighted by atomic mass is 10.1. The zero-order chi connectivity index (χ0) is 19.0. The molecule has 0 unspecified atom stereocenters. The lowest BCUT2D eigenvalue weighted by Gasteiger charge is -2.32. The van der Waals surface area contributed by atoms with E-state index < -0.39 is 0 Å². The predicted octanol–water partition coefficient (Wildman–Crippen LogP) is 2.19. The Morgan fingerprint density at radius 1 is 1.22 bits per heavy atom. The summed E-state index contributed by atoms with van der Waals surface area (Å²) in [6.07, 6.45) is 1.54. The normalized spacial score (nSPS) is 15.0. The number of aromatic amines is 1. The minimum Gasteiger partial charge on any atom is -0.494 e. The van der Waals surface area contributed by atoms with Gasteiger partial charge in [0.25, 0.3) is 5.91 Å². The van der Waals surface area contributed by atoms with Gasteiger partial charge in [-0.2, -0.15) is 5.26 Å². The lowest BCUT2D eigenvalue weighted by molar-refractivity contribution is 0.0663. The third-order valence-corrected chi connectivity index (χ3v) is 4.96. The predicted molar refractivity (Wildman–Crippen MR) is 101 cm³/mol. The van der Waals surface area contributed by atoms with Crippen LogP contribution in [0, 0.1) is 11.3 Å². The van der Waals surface area contributed by atoms with Crippen LogP contribution in [0.15, 0.2) is 36.5 Å². The number of amides is 1. The molecule has 3 aromatic rings. The lowest BCUT2D eigenvalue weighted by Crippen LogP contribution is -2.47. The van der Waals surface area contributed by atoms with Crippen LogP contribution in [0.25, 0.3) is 22.2 Å². The number of nitrogens with one attached hydrogen (secondary N) is 1. The van der Waals surface area contributed by atoms with Crippen LogP contribution in [0.4, 0.5) is 0 Å². The number of fused-ring (bicyclic) bond motifs is 1. The molecule has 27 heavy (non-hydrogen) atoms. The number of hydrogen-bond donors (Lipinski definition) is 2. The molecule has 4 rings (SSSR count). The molecule has 2 aromatic heterocycles. The van der Waals surface area contributed by atoms with Crippen molar-refractivity contribution >= 4 is 16.8 Å². The molecule has 0 radical (unpaired) electrons. The number of carbonyl (C=O) groups excluding carboxylic acids is 1. The first-order valence-corrected chi connectivity index (χ1v) is 8.76. The van der Waals surface area contributed by atoms with Gasteiger partial charge < -0.3 is 19.9 Å². The molecule has 3 heterocycles. The summed E-state index contributed by atoms with van der Waals surface area (Å²) in [5.74, 6) is -0.0391. The monoisotopic (exact) mass is 361 g/mol. The molecule has 136 valence electrons. The van der Waals surface area contributed by atoms with E-state index in [4.69, 9.17) is 5.26 Å². The van der Waals surface area contributed by atoms with Gasteiger partial charge in [-0.1, -0.05) is 0 Å². The Balaban J connectivity index is 1.65. The second-order valence-corrected chi connectivity index (χ2v) is 6.75. The molecule has 0 atom stereocenters. The summed E-state index contributed by atoms with van der Waals surface area (Å²) in [6, 6.07) is 10.7. The number of nitrogens with zero attached hydrogens (tertiary/aromatic N) is 4. The second-order valence-electron chi connectivity index (χ2n) is 6.75. The quantitative estimate of drug-likeness (QED) is 0.729. The molecule has 0 aliphatic carbocycles. The molecule has 0 bridgehead atoms. The fourth-order valence-electron chi connectivity index (χ4n) is 3.37.